The van der Waals surface area contributed by atoms with Crippen molar-refractivity contribution in [3.63, 3.8) is 0 Å². The molecule has 1 heterocycles. The van der Waals surface area contributed by atoms with Gasteiger partial charge in [0.25, 0.3) is 0 Å². The molecule has 1 amide bonds. The summed E-state index contributed by atoms with van der Waals surface area (Å²) in [4.78, 5) is 15.6. The van der Waals surface area contributed by atoms with E-state index in [-0.39, 0.29) is 5.41 Å². The van der Waals surface area contributed by atoms with Crippen molar-refractivity contribution in [2.45, 2.75) is 44.9 Å². The molecule has 1 atom stereocenters. The number of piperidine rings is 1. The number of likely N-dealkylation sites (tertiary alicyclic amines) is 1. The molecule has 4 heteroatoms. The van der Waals surface area contributed by atoms with E-state index in [1.54, 1.807) is 0 Å². The number of hydrogen-bond donors (Lipinski definition) is 1. The average molecular weight is 349 g/mol. The normalized spacial score (nSPS) is 23.4. The van der Waals surface area contributed by atoms with E-state index in [9.17, 15) is 4.79 Å². The van der Waals surface area contributed by atoms with E-state index in [0.717, 1.165) is 50.3 Å². The van der Waals surface area contributed by atoms with Gasteiger partial charge in [0.15, 0.2) is 0 Å². The number of amides is 1. The second-order valence-electron chi connectivity index (χ2n) is 7.61. The first-order valence-electron chi connectivity index (χ1n) is 9.31. The van der Waals surface area contributed by atoms with Crippen molar-refractivity contribution in [2.75, 3.05) is 26.7 Å². The number of hydrogen-bond acceptors (Lipinski definition) is 2. The zero-order valence-electron chi connectivity index (χ0n) is 14.7. The molecule has 2 aliphatic rings. The molecule has 1 unspecified atom stereocenters. The number of halogens is 1. The van der Waals surface area contributed by atoms with Crippen LogP contribution in [-0.4, -0.2) is 37.5 Å². The first kappa shape index (κ1) is 17.8. The van der Waals surface area contributed by atoms with Crippen LogP contribution in [0.15, 0.2) is 24.3 Å². The van der Waals surface area contributed by atoms with Crippen LogP contribution in [-0.2, 0) is 11.2 Å². The van der Waals surface area contributed by atoms with Crippen LogP contribution in [0, 0.1) is 11.3 Å². The Bertz CT molecular complexity index is 567. The lowest BCUT2D eigenvalue weighted by atomic mass is 9.78. The molecule has 0 bridgehead atoms. The van der Waals surface area contributed by atoms with Gasteiger partial charge in [-0.15, -0.1) is 0 Å². The van der Waals surface area contributed by atoms with Crippen molar-refractivity contribution in [3.05, 3.63) is 34.9 Å². The van der Waals surface area contributed by atoms with Crippen LogP contribution in [0.5, 0.6) is 0 Å². The molecule has 2 fully saturated rings. The predicted molar refractivity (Wildman–Crippen MR) is 99.3 cm³/mol. The summed E-state index contributed by atoms with van der Waals surface area (Å²) < 4.78 is 0. The monoisotopic (exact) mass is 348 g/mol. The van der Waals surface area contributed by atoms with E-state index in [1.165, 1.54) is 24.8 Å². The Hall–Kier alpha value is -1.06. The lowest BCUT2D eigenvalue weighted by molar-refractivity contribution is -0.143. The van der Waals surface area contributed by atoms with Gasteiger partial charge < -0.3 is 10.2 Å². The molecule has 1 aliphatic heterocycles. The van der Waals surface area contributed by atoms with E-state index in [2.05, 4.69) is 16.3 Å². The molecule has 0 spiro atoms. The van der Waals surface area contributed by atoms with Crippen molar-refractivity contribution < 1.29 is 4.79 Å². The fourth-order valence-electron chi connectivity index (χ4n) is 4.60. The predicted octanol–water partition coefficient (Wildman–Crippen LogP) is 3.90. The average Bonchev–Trinajstić information content (AvgIpc) is 3.04. The lowest BCUT2D eigenvalue weighted by Crippen LogP contribution is -2.49. The Morgan fingerprint density at radius 2 is 2.12 bits per heavy atom. The maximum atomic E-state index is 13.4. The second-order valence-corrected chi connectivity index (χ2v) is 8.05. The fourth-order valence-corrected chi connectivity index (χ4v) is 4.81. The molecule has 0 aromatic heterocycles. The molecule has 1 saturated heterocycles. The maximum absolute atomic E-state index is 13.4. The van der Waals surface area contributed by atoms with Gasteiger partial charge in [0.2, 0.25) is 5.91 Å². The zero-order valence-corrected chi connectivity index (χ0v) is 15.4. The lowest BCUT2D eigenvalue weighted by Gasteiger charge is -2.39. The van der Waals surface area contributed by atoms with E-state index >= 15 is 0 Å². The molecular weight excluding hydrogens is 320 g/mol. The van der Waals surface area contributed by atoms with Gasteiger partial charge in [0.05, 0.1) is 5.41 Å². The van der Waals surface area contributed by atoms with Crippen molar-refractivity contribution in [1.82, 2.24) is 10.2 Å². The summed E-state index contributed by atoms with van der Waals surface area (Å²) in [6.07, 6.45) is 7.56. The van der Waals surface area contributed by atoms with Crippen LogP contribution in [0.4, 0.5) is 0 Å². The van der Waals surface area contributed by atoms with Gasteiger partial charge in [-0.25, -0.2) is 0 Å². The molecule has 1 saturated carbocycles. The Kier molecular flexibility index (Phi) is 5.83. The van der Waals surface area contributed by atoms with Gasteiger partial charge in [-0.2, -0.15) is 0 Å². The Labute approximate surface area is 150 Å². The summed E-state index contributed by atoms with van der Waals surface area (Å²) in [6.45, 7) is 2.85. The van der Waals surface area contributed by atoms with Gasteiger partial charge in [-0.1, -0.05) is 36.6 Å². The van der Waals surface area contributed by atoms with Gasteiger partial charge in [-0.3, -0.25) is 4.79 Å². The van der Waals surface area contributed by atoms with Crippen molar-refractivity contribution in [3.8, 4) is 0 Å². The number of nitrogens with one attached hydrogen (secondary N) is 1. The van der Waals surface area contributed by atoms with Gasteiger partial charge in [0.1, 0.15) is 0 Å². The van der Waals surface area contributed by atoms with E-state index in [0.29, 0.717) is 11.8 Å². The molecule has 1 aromatic carbocycles. The molecule has 1 aromatic rings. The fraction of sp³-hybridized carbons (Fsp3) is 0.650. The third kappa shape index (κ3) is 3.94. The van der Waals surface area contributed by atoms with E-state index < -0.39 is 0 Å². The molecule has 132 valence electrons. The minimum absolute atomic E-state index is 0.202. The highest BCUT2D eigenvalue weighted by Crippen LogP contribution is 2.43. The number of nitrogens with zero attached hydrogens (tertiary/aromatic N) is 1. The second kappa shape index (κ2) is 7.88. The maximum Gasteiger partial charge on any atom is 0.229 e. The SMILES string of the molecule is CNCC1CCCN(C(=O)C2(Cc3cccc(Cl)c3)CCCC2)C1. The first-order valence-corrected chi connectivity index (χ1v) is 9.69. The van der Waals surface area contributed by atoms with E-state index in [1.807, 2.05) is 25.2 Å². The molecular formula is C20H29ClN2O. The highest BCUT2D eigenvalue weighted by atomic mass is 35.5. The van der Waals surface area contributed by atoms with Crippen LogP contribution in [0.25, 0.3) is 0 Å². The first-order chi connectivity index (χ1) is 11.6. The highest BCUT2D eigenvalue weighted by Gasteiger charge is 2.44. The Morgan fingerprint density at radius 3 is 2.83 bits per heavy atom. The van der Waals surface area contributed by atoms with Crippen LogP contribution >= 0.6 is 11.6 Å². The largest absolute Gasteiger partial charge is 0.342 e. The summed E-state index contributed by atoms with van der Waals surface area (Å²) >= 11 is 6.16. The summed E-state index contributed by atoms with van der Waals surface area (Å²) in [5.74, 6) is 0.984. The number of rotatable bonds is 5. The molecule has 3 nitrogen and oxygen atoms in total. The van der Waals surface area contributed by atoms with Crippen molar-refractivity contribution in [2.24, 2.45) is 11.3 Å². The van der Waals surface area contributed by atoms with Gasteiger partial charge >= 0.3 is 0 Å². The van der Waals surface area contributed by atoms with Crippen LogP contribution < -0.4 is 5.32 Å². The minimum Gasteiger partial charge on any atom is -0.342 e. The van der Waals surface area contributed by atoms with E-state index in [4.69, 9.17) is 11.6 Å². The van der Waals surface area contributed by atoms with Gasteiger partial charge in [-0.05, 0) is 69.3 Å². The van der Waals surface area contributed by atoms with Crippen molar-refractivity contribution >= 4 is 17.5 Å². The zero-order chi connectivity index (χ0) is 17.0. The van der Waals surface area contributed by atoms with Gasteiger partial charge in [0, 0.05) is 18.1 Å². The van der Waals surface area contributed by atoms with Crippen LogP contribution in [0.2, 0.25) is 5.02 Å². The smallest absolute Gasteiger partial charge is 0.229 e. The molecule has 1 aliphatic carbocycles. The Balaban J connectivity index is 1.75. The minimum atomic E-state index is -0.202. The third-order valence-corrected chi connectivity index (χ3v) is 5.98. The topological polar surface area (TPSA) is 32.3 Å². The molecule has 3 rings (SSSR count). The summed E-state index contributed by atoms with van der Waals surface area (Å²) in [5.41, 5.74) is 0.994. The summed E-state index contributed by atoms with van der Waals surface area (Å²) in [7, 11) is 2.00. The number of benzene rings is 1. The van der Waals surface area contributed by atoms with Crippen molar-refractivity contribution in [1.29, 1.82) is 0 Å². The standard InChI is InChI=1S/C20H29ClN2O/c1-22-14-17-7-5-11-23(15-17)19(24)20(9-2-3-10-20)13-16-6-4-8-18(21)12-16/h4,6,8,12,17,22H,2-3,5,7,9-11,13-15H2,1H3. The highest BCUT2D eigenvalue weighted by molar-refractivity contribution is 6.30. The molecule has 0 radical (unpaired) electrons. The Morgan fingerprint density at radius 1 is 1.33 bits per heavy atom. The quantitative estimate of drug-likeness (QED) is 0.875. The molecule has 24 heavy (non-hydrogen) atoms. The van der Waals surface area contributed by atoms with Crippen LogP contribution in [0.1, 0.15) is 44.1 Å². The molecule has 1 N–H and O–H groups in total. The van der Waals surface area contributed by atoms with Crippen LogP contribution in [0.3, 0.4) is 0 Å². The number of carbonyl (C=O) groups excluding carboxylic acids is 1. The summed E-state index contributed by atoms with van der Waals surface area (Å²) in [5, 5.41) is 4.03. The third-order valence-electron chi connectivity index (χ3n) is 5.74. The number of carbonyl (C=O) groups is 1. The summed E-state index contributed by atoms with van der Waals surface area (Å²) in [6, 6.07) is 8.03.